The molecule has 31 heavy (non-hydrogen) atoms. The molecule has 1 aliphatic heterocycles. The summed E-state index contributed by atoms with van der Waals surface area (Å²) in [5, 5.41) is 2.48. The largest absolute Gasteiger partial charge is 0.494 e. The standard InChI is InChI=1S/C20H21N3O7S/c1-2-29-16-7-9-17(10-8-16)31(27,28)22-15-5-3-14(4-6-15)19(25)30-13-18(24)23-12-11-21-20(23)26/h3-10,22H,2,11-13H2,1H3,(H,21,26). The van der Waals surface area contributed by atoms with Crippen molar-refractivity contribution < 1.29 is 32.3 Å². The molecule has 1 saturated heterocycles. The third-order valence-corrected chi connectivity index (χ3v) is 5.70. The third-order valence-electron chi connectivity index (χ3n) is 4.30. The molecule has 164 valence electrons. The molecule has 2 aromatic carbocycles. The number of rotatable bonds is 8. The second kappa shape index (κ2) is 9.47. The number of hydrogen-bond donors (Lipinski definition) is 2. The van der Waals surface area contributed by atoms with Gasteiger partial charge in [0.15, 0.2) is 6.61 Å². The molecular weight excluding hydrogens is 426 g/mol. The first kappa shape index (κ1) is 22.1. The summed E-state index contributed by atoms with van der Waals surface area (Å²) in [6, 6.07) is 11.0. The van der Waals surface area contributed by atoms with E-state index < -0.39 is 34.5 Å². The molecule has 2 N–H and O–H groups in total. The summed E-state index contributed by atoms with van der Waals surface area (Å²) in [4.78, 5) is 36.4. The molecule has 0 atom stereocenters. The van der Waals surface area contributed by atoms with E-state index in [0.717, 1.165) is 4.90 Å². The number of esters is 1. The molecule has 3 rings (SSSR count). The number of nitrogens with zero attached hydrogens (tertiary/aromatic N) is 1. The van der Waals surface area contributed by atoms with Crippen LogP contribution in [-0.4, -0.2) is 57.5 Å². The number of amides is 3. The normalized spacial score (nSPS) is 13.5. The highest BCUT2D eigenvalue weighted by Gasteiger charge is 2.27. The zero-order chi connectivity index (χ0) is 22.4. The minimum atomic E-state index is -3.82. The number of carbonyl (C=O) groups is 3. The van der Waals surface area contributed by atoms with Crippen LogP contribution in [0.15, 0.2) is 53.4 Å². The first-order valence-corrected chi connectivity index (χ1v) is 10.9. The molecule has 0 saturated carbocycles. The highest BCUT2D eigenvalue weighted by Crippen LogP contribution is 2.20. The predicted octanol–water partition coefficient (Wildman–Crippen LogP) is 1.59. The second-order valence-electron chi connectivity index (χ2n) is 6.44. The van der Waals surface area contributed by atoms with E-state index in [2.05, 4.69) is 10.0 Å². The average molecular weight is 447 g/mol. The van der Waals surface area contributed by atoms with Crippen molar-refractivity contribution >= 4 is 33.6 Å². The smallest absolute Gasteiger partial charge is 0.338 e. The van der Waals surface area contributed by atoms with E-state index in [4.69, 9.17) is 9.47 Å². The van der Waals surface area contributed by atoms with Gasteiger partial charge in [-0.1, -0.05) is 0 Å². The fourth-order valence-electron chi connectivity index (χ4n) is 2.77. The van der Waals surface area contributed by atoms with Gasteiger partial charge in [0.25, 0.3) is 15.9 Å². The molecule has 0 unspecified atom stereocenters. The number of carbonyl (C=O) groups excluding carboxylic acids is 3. The van der Waals surface area contributed by atoms with Gasteiger partial charge in [-0.05, 0) is 55.5 Å². The Morgan fingerprint density at radius 3 is 2.35 bits per heavy atom. The Hall–Kier alpha value is -3.60. The molecule has 0 aliphatic carbocycles. The highest BCUT2D eigenvalue weighted by molar-refractivity contribution is 7.92. The van der Waals surface area contributed by atoms with Crippen LogP contribution in [0.1, 0.15) is 17.3 Å². The first-order valence-electron chi connectivity index (χ1n) is 9.41. The maximum Gasteiger partial charge on any atom is 0.338 e. The lowest BCUT2D eigenvalue weighted by Crippen LogP contribution is -2.37. The minimum absolute atomic E-state index is 0.0592. The topological polar surface area (TPSA) is 131 Å². The van der Waals surface area contributed by atoms with E-state index in [9.17, 15) is 22.8 Å². The van der Waals surface area contributed by atoms with E-state index in [1.54, 1.807) is 12.1 Å². The summed E-state index contributed by atoms with van der Waals surface area (Å²) in [5.41, 5.74) is 0.373. The van der Waals surface area contributed by atoms with Crippen molar-refractivity contribution in [3.05, 3.63) is 54.1 Å². The van der Waals surface area contributed by atoms with Crippen LogP contribution in [0.25, 0.3) is 0 Å². The van der Waals surface area contributed by atoms with Crippen molar-refractivity contribution in [2.24, 2.45) is 0 Å². The SMILES string of the molecule is CCOc1ccc(S(=O)(=O)Nc2ccc(C(=O)OCC(=O)N3CCNC3=O)cc2)cc1. The molecule has 0 bridgehead atoms. The van der Waals surface area contributed by atoms with Crippen LogP contribution in [0.4, 0.5) is 10.5 Å². The lowest BCUT2D eigenvalue weighted by Gasteiger charge is -2.12. The lowest BCUT2D eigenvalue weighted by molar-refractivity contribution is -0.130. The van der Waals surface area contributed by atoms with Crippen molar-refractivity contribution in [3.63, 3.8) is 0 Å². The second-order valence-corrected chi connectivity index (χ2v) is 8.12. The maximum absolute atomic E-state index is 12.5. The molecule has 0 radical (unpaired) electrons. The van der Waals surface area contributed by atoms with Gasteiger partial charge in [0.05, 0.1) is 17.1 Å². The number of urea groups is 1. The minimum Gasteiger partial charge on any atom is -0.494 e. The quantitative estimate of drug-likeness (QED) is 0.588. The van der Waals surface area contributed by atoms with Gasteiger partial charge < -0.3 is 14.8 Å². The van der Waals surface area contributed by atoms with Crippen LogP contribution in [0.5, 0.6) is 5.75 Å². The monoisotopic (exact) mass is 447 g/mol. The molecular formula is C20H21N3O7S. The number of imide groups is 1. The lowest BCUT2D eigenvalue weighted by atomic mass is 10.2. The molecule has 2 aromatic rings. The van der Waals surface area contributed by atoms with Gasteiger partial charge in [-0.25, -0.2) is 18.0 Å². The number of ether oxygens (including phenoxy) is 2. The van der Waals surface area contributed by atoms with Gasteiger partial charge >= 0.3 is 12.0 Å². The summed E-state index contributed by atoms with van der Waals surface area (Å²) >= 11 is 0. The number of nitrogens with one attached hydrogen (secondary N) is 2. The van der Waals surface area contributed by atoms with E-state index in [0.29, 0.717) is 18.9 Å². The fourth-order valence-corrected chi connectivity index (χ4v) is 3.83. The van der Waals surface area contributed by atoms with Crippen molar-refractivity contribution in [1.29, 1.82) is 0 Å². The van der Waals surface area contributed by atoms with Gasteiger partial charge in [0.2, 0.25) is 0 Å². The average Bonchev–Trinajstić information content (AvgIpc) is 3.18. The van der Waals surface area contributed by atoms with Crippen molar-refractivity contribution in [2.75, 3.05) is 31.0 Å². The molecule has 0 spiro atoms. The zero-order valence-electron chi connectivity index (χ0n) is 16.7. The number of sulfonamides is 1. The Kier molecular flexibility index (Phi) is 6.75. The van der Waals surface area contributed by atoms with Crippen molar-refractivity contribution in [3.8, 4) is 5.75 Å². The molecule has 3 amide bonds. The predicted molar refractivity (Wildman–Crippen MR) is 110 cm³/mol. The summed E-state index contributed by atoms with van der Waals surface area (Å²) in [6.45, 7) is 2.31. The molecule has 1 heterocycles. The Labute approximate surface area is 179 Å². The van der Waals surface area contributed by atoms with E-state index >= 15 is 0 Å². The first-order chi connectivity index (χ1) is 14.8. The van der Waals surface area contributed by atoms with E-state index in [1.807, 2.05) is 6.92 Å². The van der Waals surface area contributed by atoms with Crippen molar-refractivity contribution in [2.45, 2.75) is 11.8 Å². The van der Waals surface area contributed by atoms with Gasteiger partial charge in [0, 0.05) is 18.8 Å². The fraction of sp³-hybridized carbons (Fsp3) is 0.250. The zero-order valence-corrected chi connectivity index (χ0v) is 17.5. The highest BCUT2D eigenvalue weighted by atomic mass is 32.2. The van der Waals surface area contributed by atoms with Crippen LogP contribution in [-0.2, 0) is 19.6 Å². The Morgan fingerprint density at radius 1 is 1.10 bits per heavy atom. The maximum atomic E-state index is 12.5. The summed E-state index contributed by atoms with van der Waals surface area (Å²) in [6.07, 6.45) is 0. The molecule has 1 aliphatic rings. The molecule has 10 nitrogen and oxygen atoms in total. The van der Waals surface area contributed by atoms with Crippen LogP contribution >= 0.6 is 0 Å². The Bertz CT molecular complexity index is 1070. The number of benzene rings is 2. The Morgan fingerprint density at radius 2 is 1.77 bits per heavy atom. The van der Waals surface area contributed by atoms with Gasteiger partial charge in [-0.15, -0.1) is 0 Å². The Balaban J connectivity index is 1.58. The summed E-state index contributed by atoms with van der Waals surface area (Å²) in [7, 11) is -3.82. The van der Waals surface area contributed by atoms with E-state index in [1.165, 1.54) is 36.4 Å². The van der Waals surface area contributed by atoms with Crippen LogP contribution in [0.2, 0.25) is 0 Å². The van der Waals surface area contributed by atoms with Gasteiger partial charge in [-0.3, -0.25) is 14.4 Å². The van der Waals surface area contributed by atoms with Gasteiger partial charge in [-0.2, -0.15) is 0 Å². The number of hydrogen-bond acceptors (Lipinski definition) is 7. The van der Waals surface area contributed by atoms with Gasteiger partial charge in [0.1, 0.15) is 5.75 Å². The molecule has 0 aromatic heterocycles. The van der Waals surface area contributed by atoms with Crippen LogP contribution < -0.4 is 14.8 Å². The van der Waals surface area contributed by atoms with Crippen molar-refractivity contribution in [1.82, 2.24) is 10.2 Å². The number of anilines is 1. The van der Waals surface area contributed by atoms with Crippen LogP contribution in [0, 0.1) is 0 Å². The molecule has 1 fully saturated rings. The third kappa shape index (κ3) is 5.51. The van der Waals surface area contributed by atoms with Crippen LogP contribution in [0.3, 0.4) is 0 Å². The summed E-state index contributed by atoms with van der Waals surface area (Å²) in [5.74, 6) is -0.829. The van der Waals surface area contributed by atoms with E-state index in [-0.39, 0.29) is 22.7 Å². The summed E-state index contributed by atoms with van der Waals surface area (Å²) < 4.78 is 37.6. The molecule has 11 heteroatoms.